The first-order valence-electron chi connectivity index (χ1n) is 23.7. The van der Waals surface area contributed by atoms with Crippen LogP contribution in [0.5, 0.6) is 11.5 Å². The summed E-state index contributed by atoms with van der Waals surface area (Å²) < 4.78 is 73.5. The summed E-state index contributed by atoms with van der Waals surface area (Å²) in [5, 5.41) is 201. The average molecular weight is 1100 g/mol. The number of rotatable bonds is 19. The number of ether oxygens (including phenoxy) is 13. The Balaban J connectivity index is 1.05. The molecule has 0 aromatic heterocycles. The van der Waals surface area contributed by atoms with E-state index in [1.807, 2.05) is 0 Å². The Labute approximate surface area is 424 Å². The Bertz CT molecular complexity index is 1870. The van der Waals surface area contributed by atoms with Gasteiger partial charge in [-0.15, -0.1) is 0 Å². The van der Waals surface area contributed by atoms with Crippen LogP contribution in [0.3, 0.4) is 0 Å². The molecule has 432 valence electrons. The third-order valence-electron chi connectivity index (χ3n) is 13.7. The molecule has 32 nitrogen and oxygen atoms in total. The van der Waals surface area contributed by atoms with Crippen LogP contribution in [0.2, 0.25) is 0 Å². The van der Waals surface area contributed by atoms with Gasteiger partial charge in [-0.1, -0.05) is 0 Å². The summed E-state index contributed by atoms with van der Waals surface area (Å²) in [5.41, 5.74) is 0. The van der Waals surface area contributed by atoms with Crippen LogP contribution in [0.1, 0.15) is 0 Å². The minimum absolute atomic E-state index is 0.0786. The highest BCUT2D eigenvalue weighted by molar-refractivity contribution is 5.31. The lowest BCUT2D eigenvalue weighted by Crippen LogP contribution is -2.66. The Morgan fingerprint density at radius 3 is 0.987 bits per heavy atom. The molecule has 6 saturated heterocycles. The monoisotopic (exact) mass is 1100 g/mol. The number of aliphatic hydroxyl groups is 19. The topological polar surface area (TPSA) is 504 Å². The number of aliphatic hydroxyl groups excluding tert-OH is 19. The largest absolute Gasteiger partial charge is 0.497 e. The molecule has 6 fully saturated rings. The highest BCUT2D eigenvalue weighted by Gasteiger charge is 2.55. The van der Waals surface area contributed by atoms with Crippen molar-refractivity contribution in [2.24, 2.45) is 0 Å². The molecule has 6 heterocycles. The highest BCUT2D eigenvalue weighted by Crippen LogP contribution is 2.35. The lowest BCUT2D eigenvalue weighted by molar-refractivity contribution is -0.378. The van der Waals surface area contributed by atoms with Crippen LogP contribution in [0.15, 0.2) is 24.3 Å². The van der Waals surface area contributed by atoms with Gasteiger partial charge in [0, 0.05) is 0 Å². The molecule has 75 heavy (non-hydrogen) atoms. The number of hydrogen-bond donors (Lipinski definition) is 19. The first-order valence-corrected chi connectivity index (χ1v) is 23.7. The van der Waals surface area contributed by atoms with Crippen molar-refractivity contribution in [2.75, 3.05) is 46.8 Å². The zero-order valence-electron chi connectivity index (χ0n) is 39.7. The van der Waals surface area contributed by atoms with Crippen LogP contribution in [0.4, 0.5) is 0 Å². The molecule has 0 unspecified atom stereocenters. The predicted octanol–water partition coefficient (Wildman–Crippen LogP) is -12.0. The molecule has 0 saturated carbocycles. The molecular weight excluding hydrogens is 1030 g/mol. The fourth-order valence-corrected chi connectivity index (χ4v) is 9.03. The van der Waals surface area contributed by atoms with E-state index in [1.165, 1.54) is 31.4 Å². The van der Waals surface area contributed by atoms with Crippen LogP contribution < -0.4 is 9.47 Å². The minimum Gasteiger partial charge on any atom is -0.497 e. The molecular formula is C43H68O32. The van der Waals surface area contributed by atoms with Gasteiger partial charge in [-0.3, -0.25) is 0 Å². The number of hydrogen-bond acceptors (Lipinski definition) is 32. The van der Waals surface area contributed by atoms with Crippen molar-refractivity contribution in [3.05, 3.63) is 24.3 Å². The zero-order chi connectivity index (χ0) is 54.7. The maximum absolute atomic E-state index is 11.4. The van der Waals surface area contributed by atoms with E-state index >= 15 is 0 Å². The lowest BCUT2D eigenvalue weighted by atomic mass is 9.96. The lowest BCUT2D eigenvalue weighted by Gasteiger charge is -2.47. The second-order valence-electron chi connectivity index (χ2n) is 18.6. The maximum atomic E-state index is 11.4. The van der Waals surface area contributed by atoms with Crippen molar-refractivity contribution in [1.29, 1.82) is 0 Å². The van der Waals surface area contributed by atoms with E-state index in [2.05, 4.69) is 0 Å². The average Bonchev–Trinajstić information content (AvgIpc) is 3.40. The van der Waals surface area contributed by atoms with Gasteiger partial charge >= 0.3 is 0 Å². The smallest absolute Gasteiger partial charge is 0.229 e. The van der Waals surface area contributed by atoms with Crippen molar-refractivity contribution >= 4 is 0 Å². The van der Waals surface area contributed by atoms with E-state index < -0.39 is 224 Å². The molecule has 6 aliphatic rings. The van der Waals surface area contributed by atoms with Crippen LogP contribution in [0.25, 0.3) is 0 Å². The summed E-state index contributed by atoms with van der Waals surface area (Å²) in [6.45, 7) is -5.03. The summed E-state index contributed by atoms with van der Waals surface area (Å²) in [5.74, 6) is 0.493. The summed E-state index contributed by atoms with van der Waals surface area (Å²) in [6.07, 6.45) is -55.5. The predicted molar refractivity (Wildman–Crippen MR) is 231 cm³/mol. The van der Waals surface area contributed by atoms with Crippen LogP contribution in [0, 0.1) is 0 Å². The van der Waals surface area contributed by atoms with Gasteiger partial charge < -0.3 is 159 Å². The molecule has 0 aliphatic carbocycles. The van der Waals surface area contributed by atoms with Crippen molar-refractivity contribution < 1.29 is 159 Å². The Morgan fingerprint density at radius 1 is 0.320 bits per heavy atom. The molecule has 30 atom stereocenters. The zero-order valence-corrected chi connectivity index (χ0v) is 39.7. The standard InChI is InChI=1S/C43H68O32/c1-63-12-2-4-13(5-3-12)67-43-37(75-41-35(62)28(55)22(49)16(8-46)70-41)31(58)25(52)19(73-43)10-65-39-33(60)29(56)23(50)17(71-39)11-66-42-36(74-40-34(61)27(54)21(48)15(7-45)69-40)30(57)24(51)18(72-42)9-64-38-32(59)26(53)20(47)14(6-44)68-38/h2-5,14-62H,6-11H2,1H3/t14-,15-,16-,17-,18-,19-,20-,21-,22-,23-,24-,25-,26+,27+,28+,29+,30+,31+,32+,33+,34+,35+,36+,37+,38+,39+,40-,41-,42+,43+/m1/s1. The van der Waals surface area contributed by atoms with Gasteiger partial charge in [-0.2, -0.15) is 0 Å². The molecule has 1 aromatic carbocycles. The summed E-state index contributed by atoms with van der Waals surface area (Å²) >= 11 is 0. The number of methoxy groups -OCH3 is 1. The van der Waals surface area contributed by atoms with Gasteiger partial charge in [-0.05, 0) is 24.3 Å². The molecule has 1 aromatic rings. The number of benzene rings is 1. The second-order valence-corrected chi connectivity index (χ2v) is 18.6. The molecule has 6 aliphatic heterocycles. The normalized spacial score (nSPS) is 48.8. The van der Waals surface area contributed by atoms with Crippen LogP contribution in [-0.4, -0.2) is 328 Å². The van der Waals surface area contributed by atoms with E-state index in [1.54, 1.807) is 0 Å². The van der Waals surface area contributed by atoms with E-state index in [0.717, 1.165) is 0 Å². The highest BCUT2D eigenvalue weighted by atomic mass is 16.8. The fourth-order valence-electron chi connectivity index (χ4n) is 9.03. The van der Waals surface area contributed by atoms with Crippen molar-refractivity contribution in [2.45, 2.75) is 184 Å². The molecule has 7 rings (SSSR count). The quantitative estimate of drug-likeness (QED) is 0.0612. The van der Waals surface area contributed by atoms with Crippen LogP contribution >= 0.6 is 0 Å². The van der Waals surface area contributed by atoms with E-state index in [0.29, 0.717) is 5.75 Å². The molecule has 0 bridgehead atoms. The van der Waals surface area contributed by atoms with E-state index in [9.17, 15) is 97.0 Å². The molecule has 0 spiro atoms. The maximum Gasteiger partial charge on any atom is 0.229 e. The van der Waals surface area contributed by atoms with Gasteiger partial charge in [0.25, 0.3) is 0 Å². The third kappa shape index (κ3) is 13.1. The Hall–Kier alpha value is -2.38. The van der Waals surface area contributed by atoms with Crippen LogP contribution in [-0.2, 0) is 52.1 Å². The Morgan fingerprint density at radius 2 is 0.600 bits per heavy atom. The van der Waals surface area contributed by atoms with Gasteiger partial charge in [0.15, 0.2) is 37.6 Å². The molecule has 19 N–H and O–H groups in total. The molecule has 0 amide bonds. The second kappa shape index (κ2) is 26.3. The van der Waals surface area contributed by atoms with Crippen molar-refractivity contribution in [1.82, 2.24) is 0 Å². The van der Waals surface area contributed by atoms with Crippen molar-refractivity contribution in [3.63, 3.8) is 0 Å². The summed E-state index contributed by atoms with van der Waals surface area (Å²) in [4.78, 5) is 0. The first-order chi connectivity index (χ1) is 35.6. The SMILES string of the molecule is COc1ccc(O[C@H]2O[C@H](CO[C@H]3O[C@H](CO[C@H]4O[C@H](CO[C@H]5O[C@H](CO)[C@@H](O)[C@H](O)[C@@H]5O)[C@@H](O)[C@H](O)[C@@H]4O[C@H]4O[C@H](CO)[C@@H](O)[C@H](O)[C@@H]4O)[C@@H](O)[C@H](O)[C@@H]3O)[C@@H](O)[C@H](O)[C@@H]2O[C@H]2O[C@H](CO)[C@@H](O)[C@H](O)[C@@H]2O)cc1. The Kier molecular flexibility index (Phi) is 21.1. The summed E-state index contributed by atoms with van der Waals surface area (Å²) in [7, 11) is 1.41. The van der Waals surface area contributed by atoms with Gasteiger partial charge in [0.05, 0.1) is 46.8 Å². The van der Waals surface area contributed by atoms with E-state index in [-0.39, 0.29) is 5.75 Å². The van der Waals surface area contributed by atoms with E-state index in [4.69, 9.17) is 61.6 Å². The third-order valence-corrected chi connectivity index (χ3v) is 13.7. The molecule has 32 heteroatoms. The van der Waals surface area contributed by atoms with Crippen molar-refractivity contribution in [3.8, 4) is 11.5 Å². The van der Waals surface area contributed by atoms with Gasteiger partial charge in [-0.25, -0.2) is 0 Å². The molecule has 0 radical (unpaired) electrons. The minimum atomic E-state index is -2.11. The fraction of sp³-hybridized carbons (Fsp3) is 0.860. The summed E-state index contributed by atoms with van der Waals surface area (Å²) in [6, 6.07) is 5.86. The van der Waals surface area contributed by atoms with Gasteiger partial charge in [0.1, 0.15) is 152 Å². The van der Waals surface area contributed by atoms with Gasteiger partial charge in [0.2, 0.25) is 6.29 Å². The first kappa shape index (κ1) is 60.3.